The number of rotatable bonds is 8. The highest BCUT2D eigenvalue weighted by molar-refractivity contribution is 6.03. The van der Waals surface area contributed by atoms with E-state index < -0.39 is 48.1 Å². The monoisotopic (exact) mass is 528 g/mol. The molecule has 1 saturated carbocycles. The van der Waals surface area contributed by atoms with Gasteiger partial charge in [0.05, 0.1) is 12.2 Å². The number of anilines is 2. The molecule has 0 saturated heterocycles. The number of pyridine rings is 1. The lowest BCUT2D eigenvalue weighted by atomic mass is 9.91. The van der Waals surface area contributed by atoms with Crippen LogP contribution in [0.3, 0.4) is 0 Å². The smallest absolute Gasteiger partial charge is 0.248 e. The SMILES string of the molecule is Cc1ccccc1C(C(=O)NC1CCC(F)(F)CC1)N(C(=O)CNc1cccnc1F)c1cccc(F)c1. The maximum absolute atomic E-state index is 14.3. The third kappa shape index (κ3) is 6.48. The van der Waals surface area contributed by atoms with Crippen molar-refractivity contribution in [2.75, 3.05) is 16.8 Å². The zero-order valence-corrected chi connectivity index (χ0v) is 20.8. The van der Waals surface area contributed by atoms with Crippen molar-refractivity contribution in [1.82, 2.24) is 10.3 Å². The van der Waals surface area contributed by atoms with Crippen LogP contribution in [0.25, 0.3) is 0 Å². The molecule has 1 unspecified atom stereocenters. The van der Waals surface area contributed by atoms with E-state index >= 15 is 0 Å². The Hall–Kier alpha value is -3.95. The molecule has 1 aliphatic rings. The first kappa shape index (κ1) is 27.1. The summed E-state index contributed by atoms with van der Waals surface area (Å²) in [6.07, 6.45) is 0.755. The molecule has 2 N–H and O–H groups in total. The topological polar surface area (TPSA) is 74.3 Å². The van der Waals surface area contributed by atoms with Gasteiger partial charge in [-0.25, -0.2) is 18.2 Å². The van der Waals surface area contributed by atoms with Crippen molar-refractivity contribution in [3.05, 3.63) is 89.8 Å². The molecule has 38 heavy (non-hydrogen) atoms. The summed E-state index contributed by atoms with van der Waals surface area (Å²) in [4.78, 5) is 32.1. The number of aryl methyl sites for hydroxylation is 1. The van der Waals surface area contributed by atoms with Crippen molar-refractivity contribution in [1.29, 1.82) is 0 Å². The van der Waals surface area contributed by atoms with Crippen molar-refractivity contribution < 1.29 is 27.2 Å². The molecule has 0 aliphatic heterocycles. The van der Waals surface area contributed by atoms with Crippen LogP contribution < -0.4 is 15.5 Å². The van der Waals surface area contributed by atoms with Crippen LogP contribution in [-0.4, -0.2) is 35.3 Å². The van der Waals surface area contributed by atoms with Gasteiger partial charge in [0.15, 0.2) is 0 Å². The number of aromatic nitrogens is 1. The van der Waals surface area contributed by atoms with Crippen molar-refractivity contribution >= 4 is 23.2 Å². The Morgan fingerprint density at radius 3 is 2.47 bits per heavy atom. The van der Waals surface area contributed by atoms with E-state index in [1.165, 1.54) is 36.5 Å². The van der Waals surface area contributed by atoms with Gasteiger partial charge in [0.1, 0.15) is 11.9 Å². The number of carbonyl (C=O) groups excluding carboxylic acids is 2. The normalized spacial score (nSPS) is 15.9. The van der Waals surface area contributed by atoms with Crippen LogP contribution in [-0.2, 0) is 9.59 Å². The van der Waals surface area contributed by atoms with Gasteiger partial charge in [-0.2, -0.15) is 4.39 Å². The van der Waals surface area contributed by atoms with Gasteiger partial charge in [0, 0.05) is 30.8 Å². The minimum atomic E-state index is -2.77. The summed E-state index contributed by atoms with van der Waals surface area (Å²) in [7, 11) is 0. The lowest BCUT2D eigenvalue weighted by Gasteiger charge is -2.35. The van der Waals surface area contributed by atoms with E-state index in [1.807, 2.05) is 0 Å². The van der Waals surface area contributed by atoms with Crippen LogP contribution in [0.5, 0.6) is 0 Å². The van der Waals surface area contributed by atoms with Gasteiger partial charge in [-0.3, -0.25) is 14.5 Å². The molecule has 1 aromatic heterocycles. The zero-order chi connectivity index (χ0) is 27.3. The first-order chi connectivity index (χ1) is 18.1. The average molecular weight is 529 g/mol. The van der Waals surface area contributed by atoms with E-state index in [9.17, 15) is 27.2 Å². The molecule has 3 aromatic rings. The number of carbonyl (C=O) groups is 2. The van der Waals surface area contributed by atoms with Gasteiger partial charge < -0.3 is 10.6 Å². The summed E-state index contributed by atoms with van der Waals surface area (Å²) in [5, 5.41) is 5.53. The van der Waals surface area contributed by atoms with E-state index in [1.54, 1.807) is 31.2 Å². The Balaban J connectivity index is 1.70. The summed E-state index contributed by atoms with van der Waals surface area (Å²) in [5.74, 6) is -5.42. The summed E-state index contributed by atoms with van der Waals surface area (Å²) in [5.41, 5.74) is 1.28. The molecule has 2 aromatic carbocycles. The predicted molar refractivity (Wildman–Crippen MR) is 136 cm³/mol. The summed E-state index contributed by atoms with van der Waals surface area (Å²) in [6, 6.07) is 13.3. The van der Waals surface area contributed by atoms with Gasteiger partial charge in [0.2, 0.25) is 23.7 Å². The van der Waals surface area contributed by atoms with Crippen LogP contribution >= 0.6 is 0 Å². The molecule has 1 heterocycles. The Labute approximate surface area is 218 Å². The molecule has 1 atom stereocenters. The lowest BCUT2D eigenvalue weighted by Crippen LogP contribution is -2.49. The van der Waals surface area contributed by atoms with Crippen molar-refractivity contribution in [3.63, 3.8) is 0 Å². The molecule has 1 aliphatic carbocycles. The standard InChI is InChI=1S/C28H28F4N4O2/c1-18-6-2-3-9-22(18)25(27(38)35-20-11-13-28(31,32)14-12-20)36(21-8-4-7-19(29)16-21)24(37)17-34-23-10-5-15-33-26(23)30/h2-10,15-16,20,25,34H,11-14,17H2,1H3,(H,35,38). The molecular formula is C28H28F4N4O2. The van der Waals surface area contributed by atoms with E-state index in [0.717, 1.165) is 11.0 Å². The van der Waals surface area contributed by atoms with Crippen molar-refractivity contribution in [2.24, 2.45) is 0 Å². The second-order valence-electron chi connectivity index (χ2n) is 9.34. The number of halogens is 4. The number of nitrogens with zero attached hydrogens (tertiary/aromatic N) is 2. The molecule has 10 heteroatoms. The van der Waals surface area contributed by atoms with Crippen LogP contribution in [0.1, 0.15) is 42.9 Å². The van der Waals surface area contributed by atoms with Gasteiger partial charge in [-0.05, 0) is 61.2 Å². The van der Waals surface area contributed by atoms with Crippen molar-refractivity contribution in [3.8, 4) is 0 Å². The van der Waals surface area contributed by atoms with Crippen LogP contribution in [0, 0.1) is 18.7 Å². The third-order valence-corrected chi connectivity index (χ3v) is 6.60. The molecule has 2 amide bonds. The Morgan fingerprint density at radius 2 is 1.79 bits per heavy atom. The molecule has 4 rings (SSSR count). The van der Waals surface area contributed by atoms with Gasteiger partial charge in [0.25, 0.3) is 0 Å². The minimum Gasteiger partial charge on any atom is -0.372 e. The maximum atomic E-state index is 14.3. The molecule has 0 spiro atoms. The predicted octanol–water partition coefficient (Wildman–Crippen LogP) is 5.55. The van der Waals surface area contributed by atoms with Crippen LogP contribution in [0.4, 0.5) is 28.9 Å². The number of hydrogen-bond acceptors (Lipinski definition) is 4. The molecule has 0 bridgehead atoms. The number of benzene rings is 2. The molecule has 0 radical (unpaired) electrons. The highest BCUT2D eigenvalue weighted by atomic mass is 19.3. The van der Waals surface area contributed by atoms with E-state index in [4.69, 9.17) is 0 Å². The molecule has 200 valence electrons. The van der Waals surface area contributed by atoms with Gasteiger partial charge in [-0.1, -0.05) is 30.3 Å². The first-order valence-corrected chi connectivity index (χ1v) is 12.3. The second kappa shape index (κ2) is 11.6. The largest absolute Gasteiger partial charge is 0.372 e. The highest BCUT2D eigenvalue weighted by Crippen LogP contribution is 2.35. The minimum absolute atomic E-state index is 0.0138. The van der Waals surface area contributed by atoms with Gasteiger partial charge in [-0.15, -0.1) is 0 Å². The van der Waals surface area contributed by atoms with Gasteiger partial charge >= 0.3 is 0 Å². The zero-order valence-electron chi connectivity index (χ0n) is 20.8. The quantitative estimate of drug-likeness (QED) is 0.297. The van der Waals surface area contributed by atoms with E-state index in [2.05, 4.69) is 15.6 Å². The summed E-state index contributed by atoms with van der Waals surface area (Å²) < 4.78 is 55.8. The lowest BCUT2D eigenvalue weighted by molar-refractivity contribution is -0.127. The van der Waals surface area contributed by atoms with E-state index in [0.29, 0.717) is 11.1 Å². The number of alkyl halides is 2. The summed E-state index contributed by atoms with van der Waals surface area (Å²) in [6.45, 7) is 1.35. The highest BCUT2D eigenvalue weighted by Gasteiger charge is 2.38. The van der Waals surface area contributed by atoms with Crippen LogP contribution in [0.15, 0.2) is 66.9 Å². The number of hydrogen-bond donors (Lipinski definition) is 2. The first-order valence-electron chi connectivity index (χ1n) is 12.3. The molecular weight excluding hydrogens is 500 g/mol. The molecule has 6 nitrogen and oxygen atoms in total. The Kier molecular flexibility index (Phi) is 8.29. The third-order valence-electron chi connectivity index (χ3n) is 6.60. The number of amides is 2. The number of nitrogens with one attached hydrogen (secondary N) is 2. The summed E-state index contributed by atoms with van der Waals surface area (Å²) >= 11 is 0. The maximum Gasteiger partial charge on any atom is 0.248 e. The fraction of sp³-hybridized carbons (Fsp3) is 0.321. The van der Waals surface area contributed by atoms with E-state index in [-0.39, 0.29) is 37.1 Å². The average Bonchev–Trinajstić information content (AvgIpc) is 2.88. The fourth-order valence-electron chi connectivity index (χ4n) is 4.59. The van der Waals surface area contributed by atoms with Crippen molar-refractivity contribution in [2.45, 2.75) is 50.6 Å². The van der Waals surface area contributed by atoms with Crippen LogP contribution in [0.2, 0.25) is 0 Å². The fourth-order valence-corrected chi connectivity index (χ4v) is 4.59. The Bertz CT molecular complexity index is 1290. The molecule has 1 fully saturated rings. The Morgan fingerprint density at radius 1 is 1.05 bits per heavy atom. The second-order valence-corrected chi connectivity index (χ2v) is 9.34.